The van der Waals surface area contributed by atoms with Crippen LogP contribution in [0.4, 0.5) is 11.4 Å². The minimum Gasteiger partial charge on any atom is -0.321 e. The van der Waals surface area contributed by atoms with Crippen molar-refractivity contribution >= 4 is 29.1 Å². The van der Waals surface area contributed by atoms with Gasteiger partial charge >= 0.3 is 0 Å². The highest BCUT2D eigenvalue weighted by Gasteiger charge is 2.67. The molecule has 1 heterocycles. The van der Waals surface area contributed by atoms with Gasteiger partial charge in [-0.05, 0) is 72.3 Å². The molecule has 3 amide bonds. The highest BCUT2D eigenvalue weighted by atomic mass is 16.2. The second kappa shape index (κ2) is 7.41. The molecule has 0 radical (unpaired) electrons. The Bertz CT molecular complexity index is 1160. The van der Waals surface area contributed by atoms with Gasteiger partial charge in [-0.3, -0.25) is 14.4 Å². The van der Waals surface area contributed by atoms with Crippen LogP contribution in [0, 0.1) is 35.5 Å². The minimum absolute atomic E-state index is 0.100. The van der Waals surface area contributed by atoms with E-state index in [0.29, 0.717) is 23.1 Å². The lowest BCUT2D eigenvalue weighted by atomic mass is 9.63. The second-order valence-corrected chi connectivity index (χ2v) is 9.83. The van der Waals surface area contributed by atoms with Gasteiger partial charge in [0.15, 0.2) is 0 Å². The molecule has 1 saturated heterocycles. The first-order valence-electron chi connectivity index (χ1n) is 12.1. The van der Waals surface area contributed by atoms with Crippen LogP contribution in [-0.4, -0.2) is 17.7 Å². The third kappa shape index (κ3) is 2.94. The van der Waals surface area contributed by atoms with Crippen LogP contribution in [-0.2, 0) is 22.4 Å². The smallest absolute Gasteiger partial charge is 0.255 e. The van der Waals surface area contributed by atoms with Crippen molar-refractivity contribution in [3.63, 3.8) is 0 Å². The predicted molar refractivity (Wildman–Crippen MR) is 127 cm³/mol. The number of allylic oxidation sites excluding steroid dienone is 2. The fourth-order valence-electron chi connectivity index (χ4n) is 6.59. The lowest BCUT2D eigenvalue weighted by molar-refractivity contribution is -0.124. The predicted octanol–water partition coefficient (Wildman–Crippen LogP) is 4.62. The Labute approximate surface area is 193 Å². The summed E-state index contributed by atoms with van der Waals surface area (Å²) in [6.07, 6.45) is 7.14. The van der Waals surface area contributed by atoms with Crippen molar-refractivity contribution in [3.05, 3.63) is 71.3 Å². The van der Waals surface area contributed by atoms with Crippen LogP contribution >= 0.6 is 0 Å². The van der Waals surface area contributed by atoms with Crippen molar-refractivity contribution in [1.82, 2.24) is 0 Å². The van der Waals surface area contributed by atoms with Crippen LogP contribution in [0.15, 0.2) is 54.6 Å². The Morgan fingerprint density at radius 1 is 0.909 bits per heavy atom. The van der Waals surface area contributed by atoms with E-state index in [9.17, 15) is 14.4 Å². The Kier molecular flexibility index (Phi) is 4.58. The normalized spacial score (nSPS) is 30.9. The molecule has 3 fully saturated rings. The van der Waals surface area contributed by atoms with E-state index in [1.165, 1.54) is 4.90 Å². The van der Waals surface area contributed by atoms with Gasteiger partial charge in [-0.1, -0.05) is 50.3 Å². The molecule has 1 N–H and O–H groups in total. The Morgan fingerprint density at radius 3 is 2.06 bits per heavy atom. The summed E-state index contributed by atoms with van der Waals surface area (Å²) in [6.45, 7) is 4.14. The third-order valence-electron chi connectivity index (χ3n) is 8.27. The number of amides is 3. The van der Waals surface area contributed by atoms with Crippen molar-refractivity contribution < 1.29 is 14.4 Å². The number of hydrogen-bond donors (Lipinski definition) is 1. The van der Waals surface area contributed by atoms with Crippen molar-refractivity contribution in [1.29, 1.82) is 0 Å². The molecule has 0 spiro atoms. The van der Waals surface area contributed by atoms with Gasteiger partial charge in [0.1, 0.15) is 0 Å². The van der Waals surface area contributed by atoms with Crippen LogP contribution < -0.4 is 10.2 Å². The monoisotopic (exact) mass is 440 g/mol. The van der Waals surface area contributed by atoms with E-state index in [1.54, 1.807) is 24.3 Å². The fraction of sp³-hybridized carbons (Fsp3) is 0.393. The number of para-hydroxylation sites is 1. The molecule has 2 saturated carbocycles. The summed E-state index contributed by atoms with van der Waals surface area (Å²) in [7, 11) is 0. The molecular weight excluding hydrogens is 412 g/mol. The Hall–Kier alpha value is -3.21. The first-order valence-corrected chi connectivity index (χ1v) is 12.1. The molecule has 1 aliphatic heterocycles. The zero-order valence-electron chi connectivity index (χ0n) is 19.0. The highest BCUT2D eigenvalue weighted by Crippen LogP contribution is 2.65. The van der Waals surface area contributed by atoms with Gasteiger partial charge in [-0.25, -0.2) is 4.90 Å². The van der Waals surface area contributed by atoms with E-state index < -0.39 is 0 Å². The SMILES string of the molecule is CCc1cccc(CC)c1NC(=O)c1cccc(N2C(=O)[C@@H]3[C@H]4C=C[C@@H]([C@@H]5C[C@H]45)[C@H]3C2=O)c1. The van der Waals surface area contributed by atoms with E-state index in [-0.39, 0.29) is 41.4 Å². The quantitative estimate of drug-likeness (QED) is 0.545. The van der Waals surface area contributed by atoms with E-state index >= 15 is 0 Å². The molecule has 4 aliphatic carbocycles. The number of carbonyl (C=O) groups is 3. The first kappa shape index (κ1) is 20.4. The third-order valence-corrected chi connectivity index (χ3v) is 8.27. The molecule has 168 valence electrons. The van der Waals surface area contributed by atoms with Gasteiger partial charge < -0.3 is 5.32 Å². The molecular formula is C28H28N2O3. The summed E-state index contributed by atoms with van der Waals surface area (Å²) in [5.74, 6) is 0.616. The molecule has 5 heteroatoms. The van der Waals surface area contributed by atoms with Crippen LogP contribution in [0.5, 0.6) is 0 Å². The number of rotatable bonds is 5. The van der Waals surface area contributed by atoms with Gasteiger partial charge in [0, 0.05) is 11.3 Å². The van der Waals surface area contributed by atoms with Crippen molar-refractivity contribution in [2.45, 2.75) is 33.1 Å². The molecule has 6 atom stereocenters. The average molecular weight is 441 g/mol. The van der Waals surface area contributed by atoms with E-state index in [0.717, 1.165) is 36.1 Å². The van der Waals surface area contributed by atoms with Gasteiger partial charge in [-0.2, -0.15) is 0 Å². The number of imide groups is 1. The highest BCUT2D eigenvalue weighted by molar-refractivity contribution is 6.23. The average Bonchev–Trinajstić information content (AvgIpc) is 3.62. The summed E-state index contributed by atoms with van der Waals surface area (Å²) in [5, 5.41) is 3.09. The standard InChI is InChI=1S/C28H28N2O3/c1-3-15-7-5-8-16(4-2)25(15)29-26(31)17-9-6-10-18(13-17)30-27(32)23-19-11-12-20(22-14-21(19)22)24(23)28(30)33/h5-13,19-24H,3-4,14H2,1-2H3,(H,29,31)/t19-,20-,21-,22+,23+,24+/m0/s1. The molecule has 2 bridgehead atoms. The number of hydrogen-bond acceptors (Lipinski definition) is 3. The minimum atomic E-state index is -0.239. The lowest BCUT2D eigenvalue weighted by Crippen LogP contribution is -2.40. The number of nitrogens with one attached hydrogen (secondary N) is 1. The maximum absolute atomic E-state index is 13.4. The Balaban J connectivity index is 1.29. The van der Waals surface area contributed by atoms with Gasteiger partial charge in [-0.15, -0.1) is 0 Å². The molecule has 0 unspecified atom stereocenters. The van der Waals surface area contributed by atoms with Crippen LogP contribution in [0.25, 0.3) is 0 Å². The number of nitrogens with zero attached hydrogens (tertiary/aromatic N) is 1. The van der Waals surface area contributed by atoms with Gasteiger partial charge in [0.05, 0.1) is 17.5 Å². The summed E-state index contributed by atoms with van der Waals surface area (Å²) in [4.78, 5) is 41.4. The van der Waals surface area contributed by atoms with Crippen LogP contribution in [0.3, 0.4) is 0 Å². The Morgan fingerprint density at radius 2 is 1.48 bits per heavy atom. The number of carbonyl (C=O) groups excluding carboxylic acids is 3. The molecule has 33 heavy (non-hydrogen) atoms. The molecule has 7 rings (SSSR count). The van der Waals surface area contributed by atoms with Crippen molar-refractivity contribution in [3.8, 4) is 0 Å². The van der Waals surface area contributed by atoms with Crippen LogP contribution in [0.1, 0.15) is 41.8 Å². The summed E-state index contributed by atoms with van der Waals surface area (Å²) in [6, 6.07) is 13.0. The largest absolute Gasteiger partial charge is 0.321 e. The zero-order chi connectivity index (χ0) is 22.9. The number of benzene rings is 2. The van der Waals surface area contributed by atoms with Gasteiger partial charge in [0.2, 0.25) is 11.8 Å². The van der Waals surface area contributed by atoms with Gasteiger partial charge in [0.25, 0.3) is 5.91 Å². The first-order chi connectivity index (χ1) is 16.0. The second-order valence-electron chi connectivity index (χ2n) is 9.83. The molecule has 2 aromatic carbocycles. The molecule has 5 nitrogen and oxygen atoms in total. The summed E-state index contributed by atoms with van der Waals surface area (Å²) >= 11 is 0. The van der Waals surface area contributed by atoms with E-state index in [4.69, 9.17) is 0 Å². The summed E-state index contributed by atoms with van der Waals surface area (Å²) < 4.78 is 0. The molecule has 5 aliphatic rings. The zero-order valence-corrected chi connectivity index (χ0v) is 19.0. The fourth-order valence-corrected chi connectivity index (χ4v) is 6.59. The van der Waals surface area contributed by atoms with Crippen LogP contribution in [0.2, 0.25) is 0 Å². The van der Waals surface area contributed by atoms with E-state index in [2.05, 4.69) is 31.3 Å². The van der Waals surface area contributed by atoms with E-state index in [1.807, 2.05) is 18.2 Å². The van der Waals surface area contributed by atoms with Crippen molar-refractivity contribution in [2.24, 2.45) is 35.5 Å². The molecule has 0 aromatic heterocycles. The maximum atomic E-state index is 13.4. The number of anilines is 2. The van der Waals surface area contributed by atoms with Crippen molar-refractivity contribution in [2.75, 3.05) is 10.2 Å². The lowest BCUT2D eigenvalue weighted by Gasteiger charge is -2.37. The number of aryl methyl sites for hydroxylation is 2. The maximum Gasteiger partial charge on any atom is 0.255 e. The summed E-state index contributed by atoms with van der Waals surface area (Å²) in [5.41, 5.74) is 3.99. The topological polar surface area (TPSA) is 66.5 Å². The molecule has 2 aromatic rings.